The van der Waals surface area contributed by atoms with Gasteiger partial charge in [-0.15, -0.1) is 0 Å². The van der Waals surface area contributed by atoms with Crippen LogP contribution in [0, 0.1) is 0 Å². The lowest BCUT2D eigenvalue weighted by molar-refractivity contribution is 0.764. The number of allylic oxidation sites excluding steroid dienone is 1. The third-order valence-corrected chi connectivity index (χ3v) is 2.14. The normalized spacial score (nSPS) is 9.62. The molecule has 0 saturated heterocycles. The molecule has 0 aliphatic rings. The minimum atomic E-state index is 1.06. The second kappa shape index (κ2) is 5.41. The molecule has 0 radical (unpaired) electrons. The smallest absolute Gasteiger partial charge is 0.00311 e. The Bertz CT molecular complexity index is 251. The van der Waals surface area contributed by atoms with Gasteiger partial charge in [-0.25, -0.2) is 0 Å². The third-order valence-electron chi connectivity index (χ3n) is 2.14. The first-order valence-electron chi connectivity index (χ1n) is 4.72. The van der Waals surface area contributed by atoms with Crippen LogP contribution in [0.1, 0.15) is 18.4 Å². The highest BCUT2D eigenvalue weighted by Crippen LogP contribution is 2.06. The van der Waals surface area contributed by atoms with Crippen molar-refractivity contribution in [1.82, 2.24) is 5.32 Å². The summed E-state index contributed by atoms with van der Waals surface area (Å²) >= 11 is 0. The molecule has 0 aliphatic heterocycles. The van der Waals surface area contributed by atoms with Crippen molar-refractivity contribution in [1.29, 1.82) is 0 Å². The van der Waals surface area contributed by atoms with Crippen molar-refractivity contribution in [2.24, 2.45) is 0 Å². The Hall–Kier alpha value is -1.24. The van der Waals surface area contributed by atoms with E-state index in [9.17, 15) is 0 Å². The van der Waals surface area contributed by atoms with E-state index in [0.29, 0.717) is 0 Å². The first kappa shape index (κ1) is 9.85. The van der Waals surface area contributed by atoms with E-state index in [1.54, 1.807) is 0 Å². The van der Waals surface area contributed by atoms with Gasteiger partial charge < -0.3 is 5.32 Å². The number of aryl methyl sites for hydroxylation is 1. The van der Waals surface area contributed by atoms with Crippen LogP contribution in [0.5, 0.6) is 0 Å². The lowest BCUT2D eigenvalue weighted by atomic mass is 10.1. The van der Waals surface area contributed by atoms with Crippen molar-refractivity contribution in [2.45, 2.75) is 19.3 Å². The molecular formula is C12H17N. The van der Waals surface area contributed by atoms with Crippen molar-refractivity contribution in [3.8, 4) is 0 Å². The van der Waals surface area contributed by atoms with Crippen molar-refractivity contribution in [3.05, 3.63) is 48.2 Å². The Morgan fingerprint density at radius 1 is 1.31 bits per heavy atom. The lowest BCUT2D eigenvalue weighted by Gasteiger charge is -2.04. The molecule has 1 aromatic rings. The predicted octanol–water partition coefficient (Wildman–Crippen LogP) is 2.74. The second-order valence-electron chi connectivity index (χ2n) is 3.19. The average molecular weight is 175 g/mol. The molecule has 1 aromatic carbocycles. The molecular weight excluding hydrogens is 158 g/mol. The maximum atomic E-state index is 3.89. The van der Waals surface area contributed by atoms with E-state index in [0.717, 1.165) is 18.5 Å². The minimum absolute atomic E-state index is 1.06. The Balaban J connectivity index is 2.24. The Morgan fingerprint density at radius 2 is 2.00 bits per heavy atom. The summed E-state index contributed by atoms with van der Waals surface area (Å²) in [4.78, 5) is 0. The van der Waals surface area contributed by atoms with Crippen LogP contribution in [-0.4, -0.2) is 7.05 Å². The highest BCUT2D eigenvalue weighted by Gasteiger charge is 1.93. The van der Waals surface area contributed by atoms with Gasteiger partial charge in [0.05, 0.1) is 0 Å². The highest BCUT2D eigenvalue weighted by atomic mass is 14.8. The first-order valence-corrected chi connectivity index (χ1v) is 4.72. The van der Waals surface area contributed by atoms with Crippen LogP contribution in [0.25, 0.3) is 0 Å². The van der Waals surface area contributed by atoms with Crippen LogP contribution >= 0.6 is 0 Å². The molecule has 0 fully saturated rings. The SMILES string of the molecule is C=C(CCCc1ccccc1)NC. The summed E-state index contributed by atoms with van der Waals surface area (Å²) < 4.78 is 0. The van der Waals surface area contributed by atoms with Gasteiger partial charge >= 0.3 is 0 Å². The van der Waals surface area contributed by atoms with E-state index < -0.39 is 0 Å². The van der Waals surface area contributed by atoms with Crippen LogP contribution < -0.4 is 5.32 Å². The van der Waals surface area contributed by atoms with Crippen LogP contribution in [0.3, 0.4) is 0 Å². The summed E-state index contributed by atoms with van der Waals surface area (Å²) in [6.07, 6.45) is 3.37. The van der Waals surface area contributed by atoms with E-state index in [4.69, 9.17) is 0 Å². The van der Waals surface area contributed by atoms with Gasteiger partial charge in [0.25, 0.3) is 0 Å². The molecule has 1 rings (SSSR count). The van der Waals surface area contributed by atoms with E-state index >= 15 is 0 Å². The Kier molecular flexibility index (Phi) is 4.10. The zero-order chi connectivity index (χ0) is 9.52. The molecule has 1 heteroatoms. The van der Waals surface area contributed by atoms with E-state index in [-0.39, 0.29) is 0 Å². The van der Waals surface area contributed by atoms with Crippen LogP contribution in [0.2, 0.25) is 0 Å². The molecule has 0 aromatic heterocycles. The third kappa shape index (κ3) is 3.79. The molecule has 0 aliphatic carbocycles. The van der Waals surface area contributed by atoms with Crippen LogP contribution in [-0.2, 0) is 6.42 Å². The summed E-state index contributed by atoms with van der Waals surface area (Å²) in [5.41, 5.74) is 2.53. The van der Waals surface area contributed by atoms with Gasteiger partial charge in [0, 0.05) is 12.7 Å². The summed E-state index contributed by atoms with van der Waals surface area (Å²) in [6.45, 7) is 3.89. The van der Waals surface area contributed by atoms with Crippen molar-refractivity contribution in [2.75, 3.05) is 7.05 Å². The highest BCUT2D eigenvalue weighted by molar-refractivity contribution is 5.14. The number of rotatable bonds is 5. The standard InChI is InChI=1S/C12H17N/c1-11(13-2)7-6-10-12-8-4-3-5-9-12/h3-5,8-9,13H,1,6-7,10H2,2H3. The van der Waals surface area contributed by atoms with E-state index in [1.807, 2.05) is 7.05 Å². The van der Waals surface area contributed by atoms with Gasteiger partial charge in [-0.1, -0.05) is 36.9 Å². The molecule has 1 N–H and O–H groups in total. The van der Waals surface area contributed by atoms with E-state index in [1.165, 1.54) is 12.0 Å². The summed E-state index contributed by atoms with van der Waals surface area (Å²) in [6, 6.07) is 10.6. The molecule has 13 heavy (non-hydrogen) atoms. The maximum absolute atomic E-state index is 3.89. The van der Waals surface area contributed by atoms with Crippen molar-refractivity contribution < 1.29 is 0 Å². The molecule has 0 unspecified atom stereocenters. The minimum Gasteiger partial charge on any atom is -0.392 e. The van der Waals surface area contributed by atoms with Gasteiger partial charge in [-0.05, 0) is 24.8 Å². The van der Waals surface area contributed by atoms with Crippen molar-refractivity contribution >= 4 is 0 Å². The van der Waals surface area contributed by atoms with Gasteiger partial charge in [-0.2, -0.15) is 0 Å². The molecule has 0 saturated carbocycles. The molecule has 0 amide bonds. The number of hydrogen-bond acceptors (Lipinski definition) is 1. The summed E-state index contributed by atoms with van der Waals surface area (Å²) in [5, 5.41) is 3.06. The number of nitrogens with one attached hydrogen (secondary N) is 1. The predicted molar refractivity (Wildman–Crippen MR) is 57.6 cm³/mol. The van der Waals surface area contributed by atoms with Crippen LogP contribution in [0.4, 0.5) is 0 Å². The fraction of sp³-hybridized carbons (Fsp3) is 0.333. The van der Waals surface area contributed by atoms with E-state index in [2.05, 4.69) is 42.2 Å². The topological polar surface area (TPSA) is 12.0 Å². The summed E-state index contributed by atoms with van der Waals surface area (Å²) in [7, 11) is 1.92. The monoisotopic (exact) mass is 175 g/mol. The fourth-order valence-electron chi connectivity index (χ4n) is 1.28. The molecule has 0 spiro atoms. The zero-order valence-corrected chi connectivity index (χ0v) is 8.22. The Morgan fingerprint density at radius 3 is 2.62 bits per heavy atom. The van der Waals surface area contributed by atoms with Gasteiger partial charge in [-0.3, -0.25) is 0 Å². The molecule has 1 nitrogen and oxygen atoms in total. The maximum Gasteiger partial charge on any atom is 0.00311 e. The van der Waals surface area contributed by atoms with Gasteiger partial charge in [0.1, 0.15) is 0 Å². The Labute approximate surface area is 80.5 Å². The second-order valence-corrected chi connectivity index (χ2v) is 3.19. The van der Waals surface area contributed by atoms with Crippen LogP contribution in [0.15, 0.2) is 42.6 Å². The van der Waals surface area contributed by atoms with Gasteiger partial charge in [0.2, 0.25) is 0 Å². The number of hydrogen-bond donors (Lipinski definition) is 1. The summed E-state index contributed by atoms with van der Waals surface area (Å²) in [5.74, 6) is 0. The molecule has 0 heterocycles. The zero-order valence-electron chi connectivity index (χ0n) is 8.22. The molecule has 0 bridgehead atoms. The average Bonchev–Trinajstić information content (AvgIpc) is 2.19. The molecule has 70 valence electrons. The van der Waals surface area contributed by atoms with Gasteiger partial charge in [0.15, 0.2) is 0 Å². The number of benzene rings is 1. The van der Waals surface area contributed by atoms with Crippen molar-refractivity contribution in [3.63, 3.8) is 0 Å². The fourth-order valence-corrected chi connectivity index (χ4v) is 1.28. The first-order chi connectivity index (χ1) is 6.33. The lowest BCUT2D eigenvalue weighted by Crippen LogP contribution is -2.04. The molecule has 0 atom stereocenters. The quantitative estimate of drug-likeness (QED) is 0.725. The largest absolute Gasteiger partial charge is 0.392 e.